The van der Waals surface area contributed by atoms with Gasteiger partial charge < -0.3 is 10.2 Å². The lowest BCUT2D eigenvalue weighted by Crippen LogP contribution is -2.41. The van der Waals surface area contributed by atoms with E-state index in [9.17, 15) is 0 Å². The first-order valence-electron chi connectivity index (χ1n) is 7.37. The Bertz CT molecular complexity index is 344. The van der Waals surface area contributed by atoms with Gasteiger partial charge in [0, 0.05) is 19.1 Å². The molecule has 0 aliphatic heterocycles. The highest BCUT2D eigenvalue weighted by Crippen LogP contribution is 2.14. The first-order valence-corrected chi connectivity index (χ1v) is 7.37. The molecule has 0 aliphatic carbocycles. The largest absolute Gasteiger partial charge is 0.311 e. The van der Waals surface area contributed by atoms with Gasteiger partial charge in [-0.15, -0.1) is 0 Å². The van der Waals surface area contributed by atoms with Crippen LogP contribution in [0, 0.1) is 5.92 Å². The third kappa shape index (κ3) is 5.33. The van der Waals surface area contributed by atoms with Crippen LogP contribution in [0.3, 0.4) is 0 Å². The number of nitrogens with zero attached hydrogens (tertiary/aromatic N) is 1. The van der Waals surface area contributed by atoms with Gasteiger partial charge in [0.05, 0.1) is 0 Å². The molecule has 0 saturated heterocycles. The number of nitrogens with one attached hydrogen (secondary N) is 1. The molecule has 1 rings (SSSR count). The zero-order valence-electron chi connectivity index (χ0n) is 13.4. The van der Waals surface area contributed by atoms with E-state index in [1.54, 1.807) is 0 Å². The summed E-state index contributed by atoms with van der Waals surface area (Å²) in [4.78, 5) is 2.31. The quantitative estimate of drug-likeness (QED) is 0.809. The summed E-state index contributed by atoms with van der Waals surface area (Å²) in [5, 5.41) is 3.57. The lowest BCUT2D eigenvalue weighted by molar-refractivity contribution is 0.224. The number of likely N-dealkylation sites (N-methyl/N-ethyl adjacent to an activating group) is 1. The molecule has 1 atom stereocenters. The molecule has 0 aromatic heterocycles. The van der Waals surface area contributed by atoms with Crippen molar-refractivity contribution in [2.75, 3.05) is 20.6 Å². The van der Waals surface area contributed by atoms with Gasteiger partial charge in [-0.3, -0.25) is 0 Å². The normalized spacial score (nSPS) is 13.5. The highest BCUT2D eigenvalue weighted by atomic mass is 15.1. The average molecular weight is 262 g/mol. The second-order valence-electron chi connectivity index (χ2n) is 6.30. The molecule has 0 amide bonds. The maximum Gasteiger partial charge on any atom is 0.0237 e. The van der Waals surface area contributed by atoms with Crippen LogP contribution in [-0.4, -0.2) is 31.6 Å². The third-order valence-corrected chi connectivity index (χ3v) is 3.76. The van der Waals surface area contributed by atoms with Gasteiger partial charge in [-0.05, 0) is 37.1 Å². The minimum Gasteiger partial charge on any atom is -0.311 e. The van der Waals surface area contributed by atoms with Crippen molar-refractivity contribution in [3.8, 4) is 0 Å². The van der Waals surface area contributed by atoms with E-state index in [0.717, 1.165) is 13.1 Å². The second-order valence-corrected chi connectivity index (χ2v) is 6.30. The van der Waals surface area contributed by atoms with Crippen molar-refractivity contribution in [2.45, 2.75) is 46.2 Å². The number of hydrogen-bond donors (Lipinski definition) is 1. The molecule has 1 N–H and O–H groups in total. The predicted molar refractivity (Wildman–Crippen MR) is 84.6 cm³/mol. The van der Waals surface area contributed by atoms with Gasteiger partial charge in [0.2, 0.25) is 0 Å². The summed E-state index contributed by atoms with van der Waals surface area (Å²) in [5.74, 6) is 1.28. The molecule has 108 valence electrons. The van der Waals surface area contributed by atoms with E-state index in [0.29, 0.717) is 17.9 Å². The summed E-state index contributed by atoms with van der Waals surface area (Å²) in [7, 11) is 4.31. The second kappa shape index (κ2) is 7.66. The maximum absolute atomic E-state index is 3.57. The Morgan fingerprint density at radius 2 is 1.58 bits per heavy atom. The van der Waals surface area contributed by atoms with Crippen LogP contribution >= 0.6 is 0 Å². The highest BCUT2D eigenvalue weighted by molar-refractivity contribution is 5.24. The molecule has 2 nitrogen and oxygen atoms in total. The van der Waals surface area contributed by atoms with E-state index in [1.165, 1.54) is 11.1 Å². The van der Waals surface area contributed by atoms with Crippen LogP contribution in [0.25, 0.3) is 0 Å². The molecular weight excluding hydrogens is 232 g/mol. The van der Waals surface area contributed by atoms with Crippen LogP contribution in [0.5, 0.6) is 0 Å². The van der Waals surface area contributed by atoms with E-state index in [4.69, 9.17) is 0 Å². The SMILES string of the molecule is CC(C)c1ccc(CNCC(C(C)C)N(C)C)cc1. The molecule has 0 aliphatic rings. The Labute approximate surface area is 119 Å². The van der Waals surface area contributed by atoms with Crippen LogP contribution in [0.4, 0.5) is 0 Å². The minimum absolute atomic E-state index is 0.593. The zero-order valence-corrected chi connectivity index (χ0v) is 13.4. The zero-order chi connectivity index (χ0) is 14.4. The molecule has 0 fully saturated rings. The average Bonchev–Trinajstić information content (AvgIpc) is 2.34. The molecule has 1 unspecified atom stereocenters. The van der Waals surface area contributed by atoms with Crippen molar-refractivity contribution in [3.63, 3.8) is 0 Å². The summed E-state index contributed by atoms with van der Waals surface area (Å²) < 4.78 is 0. The Morgan fingerprint density at radius 3 is 2.00 bits per heavy atom. The summed E-state index contributed by atoms with van der Waals surface area (Å²) in [6.45, 7) is 11.0. The highest BCUT2D eigenvalue weighted by Gasteiger charge is 2.14. The monoisotopic (exact) mass is 262 g/mol. The van der Waals surface area contributed by atoms with Crippen LogP contribution in [-0.2, 0) is 6.54 Å². The van der Waals surface area contributed by atoms with Gasteiger partial charge >= 0.3 is 0 Å². The van der Waals surface area contributed by atoms with Gasteiger partial charge in [0.15, 0.2) is 0 Å². The first-order chi connectivity index (χ1) is 8.91. The van der Waals surface area contributed by atoms with E-state index in [2.05, 4.69) is 76.3 Å². The van der Waals surface area contributed by atoms with Crippen molar-refractivity contribution in [1.29, 1.82) is 0 Å². The maximum atomic E-state index is 3.57. The van der Waals surface area contributed by atoms with E-state index in [1.807, 2.05) is 0 Å². The number of hydrogen-bond acceptors (Lipinski definition) is 2. The first kappa shape index (κ1) is 16.2. The van der Waals surface area contributed by atoms with E-state index >= 15 is 0 Å². The van der Waals surface area contributed by atoms with Crippen molar-refractivity contribution in [2.24, 2.45) is 5.92 Å². The Kier molecular flexibility index (Phi) is 6.53. The van der Waals surface area contributed by atoms with Gasteiger partial charge in [-0.1, -0.05) is 52.0 Å². The van der Waals surface area contributed by atoms with Gasteiger partial charge in [-0.25, -0.2) is 0 Å². The predicted octanol–water partition coefficient (Wildman–Crippen LogP) is 3.49. The molecule has 19 heavy (non-hydrogen) atoms. The fraction of sp³-hybridized carbons (Fsp3) is 0.647. The van der Waals surface area contributed by atoms with Gasteiger partial charge in [-0.2, -0.15) is 0 Å². The summed E-state index contributed by atoms with van der Waals surface area (Å²) in [5.41, 5.74) is 2.78. The van der Waals surface area contributed by atoms with Crippen molar-refractivity contribution in [1.82, 2.24) is 10.2 Å². The van der Waals surface area contributed by atoms with Crippen LogP contribution in [0.1, 0.15) is 44.7 Å². The lowest BCUT2D eigenvalue weighted by atomic mass is 10.0. The fourth-order valence-corrected chi connectivity index (χ4v) is 2.40. The van der Waals surface area contributed by atoms with Crippen LogP contribution < -0.4 is 5.32 Å². The summed E-state index contributed by atoms with van der Waals surface area (Å²) in [6, 6.07) is 9.56. The van der Waals surface area contributed by atoms with Gasteiger partial charge in [0.25, 0.3) is 0 Å². The molecule has 0 saturated carbocycles. The molecule has 1 aromatic rings. The molecule has 0 spiro atoms. The Hall–Kier alpha value is -0.860. The summed E-state index contributed by atoms with van der Waals surface area (Å²) >= 11 is 0. The standard InChI is InChI=1S/C17H30N2/c1-13(2)16-9-7-15(8-10-16)11-18-12-17(14(3)4)19(5)6/h7-10,13-14,17-18H,11-12H2,1-6H3. The molecule has 1 aromatic carbocycles. The smallest absolute Gasteiger partial charge is 0.0237 e. The molecule has 2 heteroatoms. The fourth-order valence-electron chi connectivity index (χ4n) is 2.40. The van der Waals surface area contributed by atoms with E-state index < -0.39 is 0 Å². The topological polar surface area (TPSA) is 15.3 Å². The molecule has 0 radical (unpaired) electrons. The summed E-state index contributed by atoms with van der Waals surface area (Å²) in [6.07, 6.45) is 0. The molecular formula is C17H30N2. The van der Waals surface area contributed by atoms with E-state index in [-0.39, 0.29) is 0 Å². The Morgan fingerprint density at radius 1 is 1.00 bits per heavy atom. The van der Waals surface area contributed by atoms with Crippen LogP contribution in [0.2, 0.25) is 0 Å². The van der Waals surface area contributed by atoms with Crippen molar-refractivity contribution >= 4 is 0 Å². The molecule has 0 heterocycles. The lowest BCUT2D eigenvalue weighted by Gasteiger charge is -2.28. The van der Waals surface area contributed by atoms with Crippen molar-refractivity contribution in [3.05, 3.63) is 35.4 Å². The third-order valence-electron chi connectivity index (χ3n) is 3.76. The molecule has 0 bridgehead atoms. The Balaban J connectivity index is 2.44. The number of rotatable bonds is 7. The number of benzene rings is 1. The van der Waals surface area contributed by atoms with Gasteiger partial charge in [0.1, 0.15) is 0 Å². The van der Waals surface area contributed by atoms with Crippen LogP contribution in [0.15, 0.2) is 24.3 Å². The minimum atomic E-state index is 0.593. The van der Waals surface area contributed by atoms with Crippen molar-refractivity contribution < 1.29 is 0 Å².